The molecule has 0 fully saturated rings. The van der Waals surface area contributed by atoms with Crippen LogP contribution in [-0.2, 0) is 0 Å². The molecular weight excluding hydrogens is 621 g/mol. The maximum absolute atomic E-state index is 5.35. The monoisotopic (exact) mass is 650 g/mol. The van der Waals surface area contributed by atoms with Crippen LogP contribution < -0.4 is 0 Å². The topological polar surface area (TPSA) is 43.6 Å². The van der Waals surface area contributed by atoms with Gasteiger partial charge in [-0.25, -0.2) is 15.0 Å². The quantitative estimate of drug-likeness (QED) is 0.186. The Balaban J connectivity index is 1.17. The predicted octanol–water partition coefficient (Wildman–Crippen LogP) is 11.9. The van der Waals surface area contributed by atoms with Gasteiger partial charge in [-0.05, 0) is 41.1 Å². The predicted molar refractivity (Wildman–Crippen MR) is 211 cm³/mol. The molecule has 0 radical (unpaired) electrons. The van der Waals surface area contributed by atoms with E-state index in [0.29, 0.717) is 5.82 Å². The second-order valence-electron chi connectivity index (χ2n) is 12.9. The Morgan fingerprint density at radius 3 is 1.71 bits per heavy atom. The summed E-state index contributed by atoms with van der Waals surface area (Å²) in [5.41, 5.74) is 11.2. The van der Waals surface area contributed by atoms with E-state index in [9.17, 15) is 0 Å². The van der Waals surface area contributed by atoms with E-state index < -0.39 is 0 Å². The summed E-state index contributed by atoms with van der Waals surface area (Å²) in [7, 11) is 0. The summed E-state index contributed by atoms with van der Waals surface area (Å²) in [6, 6.07) is 63.7. The minimum absolute atomic E-state index is 0.686. The van der Waals surface area contributed by atoms with Crippen LogP contribution in [0.2, 0.25) is 0 Å². The number of hydrogen-bond donors (Lipinski definition) is 0. The maximum Gasteiger partial charge on any atom is 0.160 e. The van der Waals surface area contributed by atoms with Crippen LogP contribution in [0.3, 0.4) is 0 Å². The molecule has 10 aromatic rings. The van der Waals surface area contributed by atoms with Crippen LogP contribution >= 0.6 is 0 Å². The van der Waals surface area contributed by atoms with Crippen molar-refractivity contribution in [2.75, 3.05) is 0 Å². The van der Waals surface area contributed by atoms with Gasteiger partial charge in [0.1, 0.15) is 0 Å². The minimum Gasteiger partial charge on any atom is -0.308 e. The van der Waals surface area contributed by atoms with Crippen LogP contribution in [0, 0.1) is 0 Å². The number of rotatable bonds is 5. The van der Waals surface area contributed by atoms with Crippen molar-refractivity contribution in [1.82, 2.24) is 19.5 Å². The summed E-state index contributed by atoms with van der Waals surface area (Å²) in [4.78, 5) is 15.5. The normalized spacial score (nSPS) is 11.5. The second kappa shape index (κ2) is 11.9. The molecular formula is C47H30N4. The molecule has 51 heavy (non-hydrogen) atoms. The van der Waals surface area contributed by atoms with Gasteiger partial charge in [0.15, 0.2) is 5.82 Å². The average molecular weight is 651 g/mol. The molecule has 0 aliphatic carbocycles. The Labute approximate surface area is 295 Å². The highest BCUT2D eigenvalue weighted by Crippen LogP contribution is 2.41. The molecule has 7 aromatic carbocycles. The minimum atomic E-state index is 0.686. The molecule has 3 heterocycles. The number of aromatic nitrogens is 4. The lowest BCUT2D eigenvalue weighted by Gasteiger charge is -2.13. The largest absolute Gasteiger partial charge is 0.308 e. The van der Waals surface area contributed by atoms with Crippen molar-refractivity contribution < 1.29 is 0 Å². The molecule has 4 nitrogen and oxygen atoms in total. The third-order valence-corrected chi connectivity index (χ3v) is 9.78. The summed E-state index contributed by atoms with van der Waals surface area (Å²) in [6.45, 7) is 0. The highest BCUT2D eigenvalue weighted by atomic mass is 15.0. The van der Waals surface area contributed by atoms with Crippen LogP contribution in [0.5, 0.6) is 0 Å². The first-order chi connectivity index (χ1) is 25.3. The van der Waals surface area contributed by atoms with E-state index in [0.717, 1.165) is 72.3 Å². The average Bonchev–Trinajstić information content (AvgIpc) is 3.56. The standard InChI is InChI=1S/C47H30N4/c1-3-14-32(15-4-1)41-30-42(33-16-5-2-6-17-33)50-47(49-41)35-25-23-34(24-26-35)45-44-39-20-10-12-22-43(39)51(46(44)38-19-9-11-21-40(38)48-45)37-28-27-31-13-7-8-18-36(31)29-37/h1-30H. The van der Waals surface area contributed by atoms with Crippen molar-refractivity contribution in [2.24, 2.45) is 0 Å². The molecule has 0 unspecified atom stereocenters. The van der Waals surface area contributed by atoms with E-state index in [-0.39, 0.29) is 0 Å². The number of para-hydroxylation sites is 2. The van der Waals surface area contributed by atoms with Gasteiger partial charge in [-0.15, -0.1) is 0 Å². The van der Waals surface area contributed by atoms with Gasteiger partial charge in [0.2, 0.25) is 0 Å². The summed E-state index contributed by atoms with van der Waals surface area (Å²) in [5, 5.41) is 5.87. The number of pyridine rings is 1. The molecule has 0 N–H and O–H groups in total. The van der Waals surface area contributed by atoms with Gasteiger partial charge in [-0.1, -0.05) is 152 Å². The van der Waals surface area contributed by atoms with Crippen molar-refractivity contribution in [3.63, 3.8) is 0 Å². The Morgan fingerprint density at radius 2 is 0.980 bits per heavy atom. The second-order valence-corrected chi connectivity index (χ2v) is 12.9. The Bertz CT molecular complexity index is 2830. The van der Waals surface area contributed by atoms with E-state index in [1.54, 1.807) is 0 Å². The van der Waals surface area contributed by atoms with Crippen molar-refractivity contribution in [2.45, 2.75) is 0 Å². The van der Waals surface area contributed by atoms with Crippen LogP contribution in [0.4, 0.5) is 0 Å². The third kappa shape index (κ3) is 4.96. The molecule has 0 aliphatic rings. The molecule has 0 aliphatic heterocycles. The molecule has 3 aromatic heterocycles. The molecule has 4 heteroatoms. The van der Waals surface area contributed by atoms with Crippen molar-refractivity contribution in [1.29, 1.82) is 0 Å². The van der Waals surface area contributed by atoms with E-state index in [1.165, 1.54) is 16.2 Å². The summed E-state index contributed by atoms with van der Waals surface area (Å²) >= 11 is 0. The molecule has 0 amide bonds. The summed E-state index contributed by atoms with van der Waals surface area (Å²) in [6.07, 6.45) is 0. The third-order valence-electron chi connectivity index (χ3n) is 9.78. The fourth-order valence-electron chi connectivity index (χ4n) is 7.34. The van der Waals surface area contributed by atoms with Crippen LogP contribution in [0.15, 0.2) is 182 Å². The van der Waals surface area contributed by atoms with Crippen molar-refractivity contribution in [3.8, 4) is 50.8 Å². The maximum atomic E-state index is 5.35. The smallest absolute Gasteiger partial charge is 0.160 e. The van der Waals surface area contributed by atoms with Gasteiger partial charge in [0, 0.05) is 44.1 Å². The van der Waals surface area contributed by atoms with Crippen molar-refractivity contribution >= 4 is 43.5 Å². The lowest BCUT2D eigenvalue weighted by atomic mass is 10.0. The number of fused-ring (bicyclic) bond motifs is 6. The molecule has 238 valence electrons. The molecule has 10 rings (SSSR count). The zero-order chi connectivity index (χ0) is 33.7. The van der Waals surface area contributed by atoms with Gasteiger partial charge in [-0.3, -0.25) is 0 Å². The fourth-order valence-corrected chi connectivity index (χ4v) is 7.34. The van der Waals surface area contributed by atoms with Gasteiger partial charge < -0.3 is 4.57 Å². The van der Waals surface area contributed by atoms with Crippen LogP contribution in [-0.4, -0.2) is 19.5 Å². The van der Waals surface area contributed by atoms with E-state index in [1.807, 2.05) is 36.4 Å². The van der Waals surface area contributed by atoms with Crippen LogP contribution in [0.25, 0.3) is 94.3 Å². The SMILES string of the molecule is c1ccc(-c2cc(-c3ccccc3)nc(-c3ccc(-c4nc5ccccc5c5c4c4ccccc4n5-c4ccc5ccccc5c4)cc3)n2)cc1. The Morgan fingerprint density at radius 1 is 0.392 bits per heavy atom. The van der Waals surface area contributed by atoms with Gasteiger partial charge in [-0.2, -0.15) is 0 Å². The number of benzene rings is 7. The first kappa shape index (κ1) is 29.0. The van der Waals surface area contributed by atoms with Gasteiger partial charge in [0.05, 0.1) is 33.6 Å². The van der Waals surface area contributed by atoms with Gasteiger partial charge >= 0.3 is 0 Å². The highest BCUT2D eigenvalue weighted by Gasteiger charge is 2.21. The molecule has 0 atom stereocenters. The first-order valence-corrected chi connectivity index (χ1v) is 17.2. The Hall–Kier alpha value is -6.91. The number of nitrogens with zero attached hydrogens (tertiary/aromatic N) is 4. The number of hydrogen-bond acceptors (Lipinski definition) is 3. The van der Waals surface area contributed by atoms with E-state index in [4.69, 9.17) is 15.0 Å². The fraction of sp³-hybridized carbons (Fsp3) is 0. The molecule has 0 spiro atoms. The van der Waals surface area contributed by atoms with E-state index >= 15 is 0 Å². The molecule has 0 bridgehead atoms. The lowest BCUT2D eigenvalue weighted by Crippen LogP contribution is -1.97. The van der Waals surface area contributed by atoms with Crippen LogP contribution in [0.1, 0.15) is 0 Å². The first-order valence-electron chi connectivity index (χ1n) is 17.2. The van der Waals surface area contributed by atoms with Gasteiger partial charge in [0.25, 0.3) is 0 Å². The Kier molecular flexibility index (Phi) is 6.78. The van der Waals surface area contributed by atoms with E-state index in [2.05, 4.69) is 150 Å². The highest BCUT2D eigenvalue weighted by molar-refractivity contribution is 6.22. The summed E-state index contributed by atoms with van der Waals surface area (Å²) in [5.74, 6) is 0.686. The zero-order valence-electron chi connectivity index (χ0n) is 27.6. The molecule has 0 saturated heterocycles. The molecule has 0 saturated carbocycles. The lowest BCUT2D eigenvalue weighted by molar-refractivity contribution is 1.18. The summed E-state index contributed by atoms with van der Waals surface area (Å²) < 4.78 is 2.41. The van der Waals surface area contributed by atoms with Crippen molar-refractivity contribution in [3.05, 3.63) is 182 Å². The zero-order valence-corrected chi connectivity index (χ0v) is 27.6.